The summed E-state index contributed by atoms with van der Waals surface area (Å²) in [6.07, 6.45) is 1.46. The lowest BCUT2D eigenvalue weighted by atomic mass is 10.2. The highest BCUT2D eigenvalue weighted by atomic mass is 35.5. The Labute approximate surface area is 152 Å². The second-order valence-electron chi connectivity index (χ2n) is 4.83. The Morgan fingerprint density at radius 1 is 1.17 bits per heavy atom. The van der Waals surface area contributed by atoms with Gasteiger partial charge in [-0.25, -0.2) is 9.07 Å². The highest BCUT2D eigenvalue weighted by molar-refractivity contribution is 7.07. The van der Waals surface area contributed by atoms with Gasteiger partial charge in [-0.05, 0) is 24.3 Å². The van der Waals surface area contributed by atoms with Gasteiger partial charge in [0.05, 0.1) is 16.9 Å². The van der Waals surface area contributed by atoms with Crippen molar-refractivity contribution < 1.29 is 4.39 Å². The fourth-order valence-electron chi connectivity index (χ4n) is 2.14. The van der Waals surface area contributed by atoms with Gasteiger partial charge >= 0.3 is 0 Å². The van der Waals surface area contributed by atoms with Crippen molar-refractivity contribution in [1.82, 2.24) is 4.68 Å². The Balaban J connectivity index is 2.11. The Morgan fingerprint density at radius 2 is 1.96 bits per heavy atom. The maximum absolute atomic E-state index is 13.8. The van der Waals surface area contributed by atoms with E-state index in [1.54, 1.807) is 42.1 Å². The molecular formula is C17H12Cl2FN3S. The molecular weight excluding hydrogens is 368 g/mol. The van der Waals surface area contributed by atoms with Crippen LogP contribution in [0.25, 0.3) is 11.3 Å². The van der Waals surface area contributed by atoms with Gasteiger partial charge in [-0.3, -0.25) is 4.99 Å². The van der Waals surface area contributed by atoms with Crippen LogP contribution in [0.4, 0.5) is 4.39 Å². The lowest BCUT2D eigenvalue weighted by Crippen LogP contribution is -2.11. The third-order valence-electron chi connectivity index (χ3n) is 3.30. The number of aromatic nitrogens is 1. The fourth-order valence-corrected chi connectivity index (χ4v) is 3.44. The minimum Gasteiger partial charge on any atom is -0.261 e. The molecule has 7 heteroatoms. The molecule has 0 bridgehead atoms. The fraction of sp³-hybridized carbons (Fsp3) is 0.0588. The zero-order valence-corrected chi connectivity index (χ0v) is 14.9. The zero-order chi connectivity index (χ0) is 17.1. The van der Waals surface area contributed by atoms with E-state index in [-0.39, 0.29) is 5.82 Å². The molecule has 0 aliphatic carbocycles. The van der Waals surface area contributed by atoms with Gasteiger partial charge < -0.3 is 0 Å². The molecule has 2 aromatic carbocycles. The lowest BCUT2D eigenvalue weighted by molar-refractivity contribution is 0.625. The highest BCUT2D eigenvalue weighted by Gasteiger charge is 2.11. The first-order valence-electron chi connectivity index (χ1n) is 6.98. The number of thiazole rings is 1. The molecule has 3 aromatic rings. The molecule has 0 spiro atoms. The van der Waals surface area contributed by atoms with Crippen LogP contribution in [-0.4, -0.2) is 17.9 Å². The molecule has 0 amide bonds. The van der Waals surface area contributed by atoms with E-state index in [1.165, 1.54) is 23.6 Å². The number of halogens is 3. The number of rotatable bonds is 3. The van der Waals surface area contributed by atoms with Crippen molar-refractivity contribution in [2.75, 3.05) is 7.05 Å². The quantitative estimate of drug-likeness (QED) is 0.568. The van der Waals surface area contributed by atoms with Crippen LogP contribution in [0.2, 0.25) is 10.0 Å². The highest BCUT2D eigenvalue weighted by Crippen LogP contribution is 2.30. The minimum atomic E-state index is -0.335. The largest absolute Gasteiger partial charge is 0.261 e. The van der Waals surface area contributed by atoms with Gasteiger partial charge in [0, 0.05) is 28.6 Å². The van der Waals surface area contributed by atoms with E-state index >= 15 is 0 Å². The molecule has 0 aliphatic rings. The van der Waals surface area contributed by atoms with E-state index in [0.29, 0.717) is 20.4 Å². The van der Waals surface area contributed by atoms with Crippen molar-refractivity contribution >= 4 is 40.8 Å². The first-order chi connectivity index (χ1) is 11.6. The van der Waals surface area contributed by atoms with Crippen LogP contribution in [0, 0.1) is 5.82 Å². The summed E-state index contributed by atoms with van der Waals surface area (Å²) in [5.41, 5.74) is 1.93. The van der Waals surface area contributed by atoms with Gasteiger partial charge in [0.1, 0.15) is 5.82 Å². The maximum Gasteiger partial charge on any atom is 0.205 e. The van der Waals surface area contributed by atoms with Crippen LogP contribution in [-0.2, 0) is 0 Å². The van der Waals surface area contributed by atoms with Crippen LogP contribution in [0.15, 0.2) is 57.9 Å². The summed E-state index contributed by atoms with van der Waals surface area (Å²) < 4.78 is 15.4. The summed E-state index contributed by atoms with van der Waals surface area (Å²) in [7, 11) is 1.67. The van der Waals surface area contributed by atoms with Crippen molar-refractivity contribution in [3.63, 3.8) is 0 Å². The van der Waals surface area contributed by atoms with Crippen LogP contribution in [0.5, 0.6) is 0 Å². The molecule has 3 nitrogen and oxygen atoms in total. The average Bonchev–Trinajstić information content (AvgIpc) is 2.97. The molecule has 122 valence electrons. The van der Waals surface area contributed by atoms with E-state index in [0.717, 1.165) is 11.3 Å². The molecule has 1 aromatic heterocycles. The second-order valence-corrected chi connectivity index (χ2v) is 6.51. The maximum atomic E-state index is 13.8. The summed E-state index contributed by atoms with van der Waals surface area (Å²) in [5, 5.41) is 7.35. The number of nitrogens with zero attached hydrogens (tertiary/aromatic N) is 3. The van der Waals surface area contributed by atoms with Gasteiger partial charge in [-0.2, -0.15) is 5.10 Å². The number of hydrogen-bond donors (Lipinski definition) is 0. The summed E-state index contributed by atoms with van der Waals surface area (Å²) in [5.74, 6) is -0.335. The van der Waals surface area contributed by atoms with Crippen molar-refractivity contribution in [2.24, 2.45) is 10.1 Å². The lowest BCUT2D eigenvalue weighted by Gasteiger charge is -2.06. The number of benzene rings is 2. The minimum absolute atomic E-state index is 0.335. The standard InChI is InChI=1S/C17H12Cl2FN3S/c1-21-17-23(22-9-11-4-2-3-5-15(11)20)16(10-24-17)13-7-6-12(18)8-14(13)19/h2-10H,1H3. The normalized spacial score (nSPS) is 12.2. The monoisotopic (exact) mass is 379 g/mol. The molecule has 0 unspecified atom stereocenters. The van der Waals surface area contributed by atoms with E-state index < -0.39 is 0 Å². The molecule has 0 fully saturated rings. The van der Waals surface area contributed by atoms with E-state index in [4.69, 9.17) is 23.2 Å². The van der Waals surface area contributed by atoms with Gasteiger partial charge in [-0.1, -0.05) is 41.4 Å². The zero-order valence-electron chi connectivity index (χ0n) is 12.6. The summed E-state index contributed by atoms with van der Waals surface area (Å²) in [6.45, 7) is 0. The van der Waals surface area contributed by atoms with Crippen molar-refractivity contribution in [3.8, 4) is 11.3 Å². The van der Waals surface area contributed by atoms with Crippen LogP contribution in [0.3, 0.4) is 0 Å². The average molecular weight is 380 g/mol. The molecule has 3 rings (SSSR count). The SMILES string of the molecule is CN=c1scc(-c2ccc(Cl)cc2Cl)n1N=Cc1ccccc1F. The van der Waals surface area contributed by atoms with Crippen molar-refractivity contribution in [2.45, 2.75) is 0 Å². The van der Waals surface area contributed by atoms with Crippen LogP contribution < -0.4 is 4.80 Å². The molecule has 0 saturated heterocycles. The molecule has 0 aliphatic heterocycles. The molecule has 1 heterocycles. The molecule has 0 atom stereocenters. The summed E-state index contributed by atoms with van der Waals surface area (Å²) in [6, 6.07) is 11.7. The van der Waals surface area contributed by atoms with Crippen molar-refractivity contribution in [3.05, 3.63) is 74.1 Å². The Bertz CT molecular complexity index is 976. The van der Waals surface area contributed by atoms with Crippen LogP contribution in [0.1, 0.15) is 5.56 Å². The Hall–Kier alpha value is -1.95. The van der Waals surface area contributed by atoms with E-state index in [9.17, 15) is 4.39 Å². The summed E-state index contributed by atoms with van der Waals surface area (Å²) in [4.78, 5) is 4.87. The van der Waals surface area contributed by atoms with E-state index in [2.05, 4.69) is 10.1 Å². The topological polar surface area (TPSA) is 29.6 Å². The van der Waals surface area contributed by atoms with Crippen LogP contribution >= 0.6 is 34.5 Å². The Morgan fingerprint density at radius 3 is 2.67 bits per heavy atom. The predicted octanol–water partition coefficient (Wildman–Crippen LogP) is 5.08. The second kappa shape index (κ2) is 7.30. The first-order valence-corrected chi connectivity index (χ1v) is 8.61. The predicted molar refractivity (Wildman–Crippen MR) is 98.6 cm³/mol. The summed E-state index contributed by atoms with van der Waals surface area (Å²) >= 11 is 13.7. The van der Waals surface area contributed by atoms with Crippen molar-refractivity contribution in [1.29, 1.82) is 0 Å². The van der Waals surface area contributed by atoms with Gasteiger partial charge in [-0.15, -0.1) is 11.3 Å². The van der Waals surface area contributed by atoms with Gasteiger partial charge in [0.2, 0.25) is 4.80 Å². The smallest absolute Gasteiger partial charge is 0.205 e. The van der Waals surface area contributed by atoms with Gasteiger partial charge in [0.15, 0.2) is 0 Å². The molecule has 0 saturated carbocycles. The molecule has 0 N–H and O–H groups in total. The third kappa shape index (κ3) is 3.43. The molecule has 0 radical (unpaired) electrons. The third-order valence-corrected chi connectivity index (χ3v) is 4.76. The van der Waals surface area contributed by atoms with E-state index in [1.807, 2.05) is 11.4 Å². The Kier molecular flexibility index (Phi) is 5.14. The first kappa shape index (κ1) is 16.9. The van der Waals surface area contributed by atoms with Gasteiger partial charge in [0.25, 0.3) is 0 Å². The number of hydrogen-bond acceptors (Lipinski definition) is 3. The molecule has 24 heavy (non-hydrogen) atoms.